The molecule has 0 aliphatic carbocycles. The van der Waals surface area contributed by atoms with Crippen LogP contribution < -0.4 is 0 Å². The van der Waals surface area contributed by atoms with E-state index in [-0.39, 0.29) is 11.8 Å². The maximum absolute atomic E-state index is 11.8. The van der Waals surface area contributed by atoms with Crippen molar-refractivity contribution in [2.24, 2.45) is 0 Å². The second-order valence-electron chi connectivity index (χ2n) is 4.82. The lowest BCUT2D eigenvalue weighted by Crippen LogP contribution is -2.13. The Bertz CT molecular complexity index is 508. The number of hydrogen-bond acceptors (Lipinski definition) is 5. The number of ether oxygens (including phenoxy) is 2. The third-order valence-electron chi connectivity index (χ3n) is 3.33. The van der Waals surface area contributed by atoms with Gasteiger partial charge in [-0.2, -0.15) is 0 Å². The number of esters is 1. The first-order chi connectivity index (χ1) is 9.58. The quantitative estimate of drug-likeness (QED) is 0.470. The third kappa shape index (κ3) is 3.54. The van der Waals surface area contributed by atoms with E-state index < -0.39 is 10.9 Å². The second-order valence-corrected chi connectivity index (χ2v) is 4.82. The summed E-state index contributed by atoms with van der Waals surface area (Å²) in [7, 11) is 0. The van der Waals surface area contributed by atoms with E-state index in [2.05, 4.69) is 0 Å². The number of carbonyl (C=O) groups excluding carboxylic acids is 1. The summed E-state index contributed by atoms with van der Waals surface area (Å²) in [5, 5.41) is 10.7. The SMILES string of the molecule is Cc1cc(C(=O)OCCC2CCCO2)ccc1[N+](=O)[O-]. The van der Waals surface area contributed by atoms with E-state index in [1.165, 1.54) is 18.2 Å². The van der Waals surface area contributed by atoms with Crippen LogP contribution in [-0.2, 0) is 9.47 Å². The molecule has 0 N–H and O–H groups in total. The van der Waals surface area contributed by atoms with Crippen molar-refractivity contribution in [2.45, 2.75) is 32.3 Å². The maximum Gasteiger partial charge on any atom is 0.338 e. The predicted octanol–water partition coefficient (Wildman–Crippen LogP) is 2.63. The molecule has 0 aromatic heterocycles. The molecule has 6 nitrogen and oxygen atoms in total. The van der Waals surface area contributed by atoms with Crippen molar-refractivity contribution in [3.05, 3.63) is 39.4 Å². The average molecular weight is 279 g/mol. The Morgan fingerprint density at radius 2 is 2.35 bits per heavy atom. The molecule has 1 aliphatic rings. The van der Waals surface area contributed by atoms with Gasteiger partial charge in [-0.25, -0.2) is 4.79 Å². The highest BCUT2D eigenvalue weighted by Crippen LogP contribution is 2.20. The monoisotopic (exact) mass is 279 g/mol. The third-order valence-corrected chi connectivity index (χ3v) is 3.33. The fraction of sp³-hybridized carbons (Fsp3) is 0.500. The van der Waals surface area contributed by atoms with Crippen molar-refractivity contribution >= 4 is 11.7 Å². The first kappa shape index (κ1) is 14.5. The van der Waals surface area contributed by atoms with Crippen LogP contribution in [0.1, 0.15) is 35.2 Å². The van der Waals surface area contributed by atoms with Crippen molar-refractivity contribution in [3.63, 3.8) is 0 Å². The molecule has 108 valence electrons. The van der Waals surface area contributed by atoms with Crippen molar-refractivity contribution in [1.82, 2.24) is 0 Å². The molecular formula is C14H17NO5. The molecule has 0 spiro atoms. The summed E-state index contributed by atoms with van der Waals surface area (Å²) in [5.74, 6) is -0.457. The van der Waals surface area contributed by atoms with Gasteiger partial charge in [0.25, 0.3) is 5.69 Å². The lowest BCUT2D eigenvalue weighted by molar-refractivity contribution is -0.385. The van der Waals surface area contributed by atoms with Crippen LogP contribution in [-0.4, -0.2) is 30.2 Å². The summed E-state index contributed by atoms with van der Waals surface area (Å²) in [5.41, 5.74) is 0.782. The van der Waals surface area contributed by atoms with E-state index in [0.717, 1.165) is 19.4 Å². The van der Waals surface area contributed by atoms with Gasteiger partial charge < -0.3 is 9.47 Å². The number of aryl methyl sites for hydroxylation is 1. The van der Waals surface area contributed by atoms with Crippen LogP contribution in [0.25, 0.3) is 0 Å². The van der Waals surface area contributed by atoms with Crippen LogP contribution in [0.3, 0.4) is 0 Å². The smallest absolute Gasteiger partial charge is 0.338 e. The Labute approximate surface area is 116 Å². The molecule has 0 bridgehead atoms. The number of carbonyl (C=O) groups is 1. The summed E-state index contributed by atoms with van der Waals surface area (Å²) < 4.78 is 10.6. The Morgan fingerprint density at radius 1 is 1.55 bits per heavy atom. The van der Waals surface area contributed by atoms with Gasteiger partial charge in [0.1, 0.15) is 0 Å². The van der Waals surface area contributed by atoms with Gasteiger partial charge in [0.05, 0.1) is 23.2 Å². The minimum Gasteiger partial charge on any atom is -0.462 e. The fourth-order valence-corrected chi connectivity index (χ4v) is 2.23. The molecule has 1 saturated heterocycles. The van der Waals surface area contributed by atoms with Crippen molar-refractivity contribution in [3.8, 4) is 0 Å². The normalized spacial score (nSPS) is 17.9. The molecule has 1 aromatic rings. The fourth-order valence-electron chi connectivity index (χ4n) is 2.23. The zero-order valence-corrected chi connectivity index (χ0v) is 11.3. The molecule has 0 saturated carbocycles. The molecule has 1 fully saturated rings. The van der Waals surface area contributed by atoms with E-state index in [9.17, 15) is 14.9 Å². The highest BCUT2D eigenvalue weighted by atomic mass is 16.6. The lowest BCUT2D eigenvalue weighted by Gasteiger charge is -2.09. The standard InChI is InChI=1S/C14H17NO5/c1-10-9-11(4-5-13(10)15(17)18)14(16)20-8-6-12-3-2-7-19-12/h4-5,9,12H,2-3,6-8H2,1H3. The van der Waals surface area contributed by atoms with Gasteiger partial charge >= 0.3 is 5.97 Å². The maximum atomic E-state index is 11.8. The van der Waals surface area contributed by atoms with Crippen molar-refractivity contribution < 1.29 is 19.2 Å². The van der Waals surface area contributed by atoms with E-state index in [4.69, 9.17) is 9.47 Å². The van der Waals surface area contributed by atoms with E-state index in [1.54, 1.807) is 6.92 Å². The molecule has 2 rings (SSSR count). The minimum atomic E-state index is -0.470. The first-order valence-electron chi connectivity index (χ1n) is 6.61. The number of rotatable bonds is 5. The highest BCUT2D eigenvalue weighted by Gasteiger charge is 2.17. The first-order valence-corrected chi connectivity index (χ1v) is 6.61. The Balaban J connectivity index is 1.88. The predicted molar refractivity (Wildman–Crippen MR) is 71.7 cm³/mol. The molecule has 0 amide bonds. The van der Waals surface area contributed by atoms with Gasteiger partial charge in [0, 0.05) is 24.7 Å². The van der Waals surface area contributed by atoms with E-state index in [0.29, 0.717) is 24.2 Å². The molecule has 1 heterocycles. The van der Waals surface area contributed by atoms with Crippen LogP contribution in [0, 0.1) is 17.0 Å². The molecule has 0 radical (unpaired) electrons. The topological polar surface area (TPSA) is 78.7 Å². The van der Waals surface area contributed by atoms with Crippen molar-refractivity contribution in [2.75, 3.05) is 13.2 Å². The second kappa shape index (κ2) is 6.47. The average Bonchev–Trinajstić information content (AvgIpc) is 2.91. The largest absolute Gasteiger partial charge is 0.462 e. The molecule has 1 atom stereocenters. The van der Waals surface area contributed by atoms with Crippen LogP contribution in [0.4, 0.5) is 5.69 Å². The Morgan fingerprint density at radius 3 is 2.95 bits per heavy atom. The molecular weight excluding hydrogens is 262 g/mol. The Kier molecular flexibility index (Phi) is 4.68. The van der Waals surface area contributed by atoms with Gasteiger partial charge in [-0.3, -0.25) is 10.1 Å². The van der Waals surface area contributed by atoms with Crippen LogP contribution in [0.2, 0.25) is 0 Å². The van der Waals surface area contributed by atoms with Gasteiger partial charge in [-0.15, -0.1) is 0 Å². The van der Waals surface area contributed by atoms with E-state index >= 15 is 0 Å². The lowest BCUT2D eigenvalue weighted by atomic mass is 10.1. The van der Waals surface area contributed by atoms with Gasteiger partial charge in [-0.05, 0) is 31.9 Å². The number of nitro benzene ring substituents is 1. The number of nitrogens with zero attached hydrogens (tertiary/aromatic N) is 1. The van der Waals surface area contributed by atoms with Gasteiger partial charge in [-0.1, -0.05) is 0 Å². The molecule has 1 aliphatic heterocycles. The zero-order valence-electron chi connectivity index (χ0n) is 11.3. The zero-order chi connectivity index (χ0) is 14.5. The molecule has 20 heavy (non-hydrogen) atoms. The van der Waals surface area contributed by atoms with Gasteiger partial charge in [0.15, 0.2) is 0 Å². The molecule has 1 unspecified atom stereocenters. The summed E-state index contributed by atoms with van der Waals surface area (Å²) in [4.78, 5) is 22.0. The number of nitro groups is 1. The van der Waals surface area contributed by atoms with Crippen LogP contribution in [0.5, 0.6) is 0 Å². The van der Waals surface area contributed by atoms with Crippen LogP contribution >= 0.6 is 0 Å². The molecule has 6 heteroatoms. The van der Waals surface area contributed by atoms with E-state index in [1.807, 2.05) is 0 Å². The minimum absolute atomic E-state index is 0.000839. The number of benzene rings is 1. The summed E-state index contributed by atoms with van der Waals surface area (Å²) in [6.45, 7) is 2.68. The Hall–Kier alpha value is -1.95. The molecule has 1 aromatic carbocycles. The number of hydrogen-bond donors (Lipinski definition) is 0. The van der Waals surface area contributed by atoms with Gasteiger partial charge in [0.2, 0.25) is 0 Å². The van der Waals surface area contributed by atoms with Crippen LogP contribution in [0.15, 0.2) is 18.2 Å². The summed E-state index contributed by atoms with van der Waals surface area (Å²) >= 11 is 0. The highest BCUT2D eigenvalue weighted by molar-refractivity contribution is 5.90. The van der Waals surface area contributed by atoms with Crippen molar-refractivity contribution in [1.29, 1.82) is 0 Å². The summed E-state index contributed by atoms with van der Waals surface area (Å²) in [6, 6.07) is 4.22. The summed E-state index contributed by atoms with van der Waals surface area (Å²) in [6.07, 6.45) is 2.94.